The molecule has 2 unspecified atom stereocenters. The monoisotopic (exact) mass is 306 g/mol. The molecule has 0 radical (unpaired) electrons. The highest BCUT2D eigenvalue weighted by Gasteiger charge is 2.35. The van der Waals surface area contributed by atoms with Gasteiger partial charge in [0.2, 0.25) is 0 Å². The highest BCUT2D eigenvalue weighted by Crippen LogP contribution is 2.37. The third-order valence-corrected chi connectivity index (χ3v) is 5.14. The molecule has 2 atom stereocenters. The van der Waals surface area contributed by atoms with Crippen molar-refractivity contribution in [3.63, 3.8) is 0 Å². The second-order valence-corrected chi connectivity index (χ2v) is 7.06. The van der Waals surface area contributed by atoms with Crippen LogP contribution in [0.5, 0.6) is 0 Å². The van der Waals surface area contributed by atoms with Gasteiger partial charge in [0.05, 0.1) is 0 Å². The van der Waals surface area contributed by atoms with Crippen LogP contribution >= 0.6 is 11.6 Å². The van der Waals surface area contributed by atoms with E-state index in [0.29, 0.717) is 6.04 Å². The van der Waals surface area contributed by atoms with Crippen LogP contribution in [0.2, 0.25) is 5.02 Å². The standard InChI is InChI=1S/C18H27ClN2/c1-2-18(15-6-3-7-16(19)11-15)21(17-8-9-17)13-14-5-4-10-20-12-14/h3,6-7,11,14,17-18,20H,2,4-5,8-10,12-13H2,1H3. The molecule has 0 amide bonds. The summed E-state index contributed by atoms with van der Waals surface area (Å²) in [6, 6.07) is 9.80. The van der Waals surface area contributed by atoms with Gasteiger partial charge in [0.15, 0.2) is 0 Å². The van der Waals surface area contributed by atoms with E-state index in [1.807, 2.05) is 6.07 Å². The van der Waals surface area contributed by atoms with E-state index in [9.17, 15) is 0 Å². The third-order valence-electron chi connectivity index (χ3n) is 4.90. The minimum atomic E-state index is 0.526. The minimum absolute atomic E-state index is 0.526. The van der Waals surface area contributed by atoms with E-state index >= 15 is 0 Å². The van der Waals surface area contributed by atoms with E-state index in [1.54, 1.807) is 0 Å². The first-order valence-corrected chi connectivity index (χ1v) is 8.87. The molecule has 3 heteroatoms. The second-order valence-electron chi connectivity index (χ2n) is 6.62. The molecule has 1 saturated heterocycles. The number of halogens is 1. The summed E-state index contributed by atoms with van der Waals surface area (Å²) in [6.45, 7) is 5.93. The van der Waals surface area contributed by atoms with E-state index in [4.69, 9.17) is 11.6 Å². The first-order chi connectivity index (χ1) is 10.3. The van der Waals surface area contributed by atoms with E-state index in [1.165, 1.54) is 50.9 Å². The summed E-state index contributed by atoms with van der Waals surface area (Å²) in [5.74, 6) is 0.813. The molecule has 1 aromatic rings. The molecule has 0 bridgehead atoms. The Morgan fingerprint density at radius 1 is 1.33 bits per heavy atom. The van der Waals surface area contributed by atoms with Gasteiger partial charge in [0, 0.05) is 23.7 Å². The average molecular weight is 307 g/mol. The molecular formula is C18H27ClN2. The fourth-order valence-corrected chi connectivity index (χ4v) is 3.89. The highest BCUT2D eigenvalue weighted by molar-refractivity contribution is 6.30. The molecule has 0 spiro atoms. The number of rotatable bonds is 6. The fraction of sp³-hybridized carbons (Fsp3) is 0.667. The Morgan fingerprint density at radius 2 is 2.19 bits per heavy atom. The van der Waals surface area contributed by atoms with E-state index in [0.717, 1.165) is 23.4 Å². The topological polar surface area (TPSA) is 15.3 Å². The third kappa shape index (κ3) is 4.00. The lowest BCUT2D eigenvalue weighted by atomic mass is 9.96. The van der Waals surface area contributed by atoms with E-state index < -0.39 is 0 Å². The molecule has 1 aliphatic carbocycles. The number of nitrogens with one attached hydrogen (secondary N) is 1. The first kappa shape index (κ1) is 15.3. The quantitative estimate of drug-likeness (QED) is 0.845. The molecule has 1 aliphatic heterocycles. The molecular weight excluding hydrogens is 280 g/mol. The van der Waals surface area contributed by atoms with Gasteiger partial charge in [0.25, 0.3) is 0 Å². The number of hydrogen-bond donors (Lipinski definition) is 1. The van der Waals surface area contributed by atoms with Crippen molar-refractivity contribution in [2.45, 2.75) is 51.1 Å². The average Bonchev–Trinajstić information content (AvgIpc) is 3.33. The van der Waals surface area contributed by atoms with Crippen LogP contribution in [0.25, 0.3) is 0 Å². The summed E-state index contributed by atoms with van der Waals surface area (Å²) in [6.07, 6.45) is 6.62. The maximum absolute atomic E-state index is 6.21. The lowest BCUT2D eigenvalue weighted by Gasteiger charge is -2.36. The lowest BCUT2D eigenvalue weighted by molar-refractivity contribution is 0.140. The number of hydrogen-bond acceptors (Lipinski definition) is 2. The van der Waals surface area contributed by atoms with Crippen molar-refractivity contribution < 1.29 is 0 Å². The Balaban J connectivity index is 1.74. The molecule has 1 saturated carbocycles. The summed E-state index contributed by atoms with van der Waals surface area (Å²) < 4.78 is 0. The molecule has 0 aromatic heterocycles. The molecule has 2 aliphatic rings. The Bertz CT molecular complexity index is 452. The molecule has 1 heterocycles. The van der Waals surface area contributed by atoms with Crippen LogP contribution in [0, 0.1) is 5.92 Å². The van der Waals surface area contributed by atoms with Crippen molar-refractivity contribution in [2.75, 3.05) is 19.6 Å². The Hall–Kier alpha value is -0.570. The first-order valence-electron chi connectivity index (χ1n) is 8.50. The van der Waals surface area contributed by atoms with Crippen molar-refractivity contribution >= 4 is 11.6 Å². The summed E-state index contributed by atoms with van der Waals surface area (Å²) in [7, 11) is 0. The van der Waals surface area contributed by atoms with Crippen molar-refractivity contribution in [3.05, 3.63) is 34.9 Å². The van der Waals surface area contributed by atoms with Gasteiger partial charge in [0.1, 0.15) is 0 Å². The van der Waals surface area contributed by atoms with Gasteiger partial charge in [-0.1, -0.05) is 30.7 Å². The predicted molar refractivity (Wildman–Crippen MR) is 89.8 cm³/mol. The van der Waals surface area contributed by atoms with Gasteiger partial charge in [-0.05, 0) is 68.8 Å². The Kier molecular flexibility index (Phi) is 5.20. The van der Waals surface area contributed by atoms with Crippen LogP contribution in [0.15, 0.2) is 24.3 Å². The summed E-state index contributed by atoms with van der Waals surface area (Å²) in [5.41, 5.74) is 1.39. The van der Waals surface area contributed by atoms with Gasteiger partial charge in [-0.2, -0.15) is 0 Å². The van der Waals surface area contributed by atoms with Crippen molar-refractivity contribution in [1.82, 2.24) is 10.2 Å². The highest BCUT2D eigenvalue weighted by atomic mass is 35.5. The molecule has 1 aromatic carbocycles. The molecule has 2 fully saturated rings. The van der Waals surface area contributed by atoms with Gasteiger partial charge >= 0.3 is 0 Å². The van der Waals surface area contributed by atoms with Gasteiger partial charge in [-0.15, -0.1) is 0 Å². The fourth-order valence-electron chi connectivity index (χ4n) is 3.69. The van der Waals surface area contributed by atoms with Crippen LogP contribution in [0.3, 0.4) is 0 Å². The molecule has 116 valence electrons. The van der Waals surface area contributed by atoms with Crippen LogP contribution in [0.4, 0.5) is 0 Å². The van der Waals surface area contributed by atoms with Gasteiger partial charge in [-0.3, -0.25) is 4.90 Å². The maximum atomic E-state index is 6.21. The lowest BCUT2D eigenvalue weighted by Crippen LogP contribution is -2.40. The maximum Gasteiger partial charge on any atom is 0.0409 e. The number of piperidine rings is 1. The molecule has 21 heavy (non-hydrogen) atoms. The van der Waals surface area contributed by atoms with E-state index in [2.05, 4.69) is 35.3 Å². The smallest absolute Gasteiger partial charge is 0.0409 e. The van der Waals surface area contributed by atoms with Gasteiger partial charge in [-0.25, -0.2) is 0 Å². The molecule has 1 N–H and O–H groups in total. The predicted octanol–water partition coefficient (Wildman–Crippen LogP) is 4.26. The zero-order valence-corrected chi connectivity index (χ0v) is 13.8. The SMILES string of the molecule is CCC(c1cccc(Cl)c1)N(CC1CCCNC1)C1CC1. The number of nitrogens with zero attached hydrogens (tertiary/aromatic N) is 1. The zero-order valence-electron chi connectivity index (χ0n) is 13.0. The summed E-state index contributed by atoms with van der Waals surface area (Å²) >= 11 is 6.21. The zero-order chi connectivity index (χ0) is 14.7. The Morgan fingerprint density at radius 3 is 2.81 bits per heavy atom. The largest absolute Gasteiger partial charge is 0.316 e. The van der Waals surface area contributed by atoms with Gasteiger partial charge < -0.3 is 5.32 Å². The summed E-state index contributed by atoms with van der Waals surface area (Å²) in [4.78, 5) is 2.77. The molecule has 2 nitrogen and oxygen atoms in total. The van der Waals surface area contributed by atoms with Crippen molar-refractivity contribution in [1.29, 1.82) is 0 Å². The molecule has 3 rings (SSSR count). The Labute approximate surface area is 133 Å². The van der Waals surface area contributed by atoms with Crippen LogP contribution in [0.1, 0.15) is 50.6 Å². The second kappa shape index (κ2) is 7.13. The van der Waals surface area contributed by atoms with Crippen LogP contribution in [-0.4, -0.2) is 30.6 Å². The normalized spacial score (nSPS) is 24.2. The van der Waals surface area contributed by atoms with E-state index in [-0.39, 0.29) is 0 Å². The van der Waals surface area contributed by atoms with Crippen LogP contribution < -0.4 is 5.32 Å². The summed E-state index contributed by atoms with van der Waals surface area (Å²) in [5, 5.41) is 4.42. The number of benzene rings is 1. The van der Waals surface area contributed by atoms with Crippen molar-refractivity contribution in [3.8, 4) is 0 Å². The van der Waals surface area contributed by atoms with Crippen LogP contribution in [-0.2, 0) is 0 Å². The van der Waals surface area contributed by atoms with Crippen molar-refractivity contribution in [2.24, 2.45) is 5.92 Å². The minimum Gasteiger partial charge on any atom is -0.316 e.